The Bertz CT molecular complexity index is 1260. The Morgan fingerprint density at radius 3 is 2.52 bits per heavy atom. The molecule has 0 atom stereocenters. The van der Waals surface area contributed by atoms with Gasteiger partial charge in [-0.15, -0.1) is 11.3 Å². The fourth-order valence-electron chi connectivity index (χ4n) is 2.72. The molecule has 0 radical (unpaired) electrons. The third kappa shape index (κ3) is 5.25. The SMILES string of the molecule is O=C(CSc1nc2ccc(NC(=O)c3ccc(F)cc3)cc2s1)Nc1ccccc1F. The molecule has 0 bridgehead atoms. The van der Waals surface area contributed by atoms with Gasteiger partial charge in [-0.2, -0.15) is 0 Å². The summed E-state index contributed by atoms with van der Waals surface area (Å²) < 4.78 is 28.2. The average molecular weight is 456 g/mol. The van der Waals surface area contributed by atoms with Crippen molar-refractivity contribution in [2.24, 2.45) is 0 Å². The van der Waals surface area contributed by atoms with E-state index >= 15 is 0 Å². The van der Waals surface area contributed by atoms with Crippen LogP contribution in [0.3, 0.4) is 0 Å². The van der Waals surface area contributed by atoms with Crippen molar-refractivity contribution in [3.63, 3.8) is 0 Å². The summed E-state index contributed by atoms with van der Waals surface area (Å²) in [6.45, 7) is 0. The number of benzene rings is 3. The molecule has 0 spiro atoms. The number of halogens is 2. The molecule has 4 rings (SSSR count). The van der Waals surface area contributed by atoms with E-state index in [1.165, 1.54) is 59.5 Å². The van der Waals surface area contributed by atoms with Crippen molar-refractivity contribution in [2.45, 2.75) is 4.34 Å². The lowest BCUT2D eigenvalue weighted by molar-refractivity contribution is -0.113. The zero-order valence-electron chi connectivity index (χ0n) is 15.9. The van der Waals surface area contributed by atoms with E-state index in [4.69, 9.17) is 0 Å². The number of hydrogen-bond acceptors (Lipinski definition) is 5. The van der Waals surface area contributed by atoms with Gasteiger partial charge in [0.1, 0.15) is 11.6 Å². The summed E-state index contributed by atoms with van der Waals surface area (Å²) in [6.07, 6.45) is 0. The molecule has 5 nitrogen and oxygen atoms in total. The topological polar surface area (TPSA) is 71.1 Å². The minimum atomic E-state index is -0.490. The van der Waals surface area contributed by atoms with Gasteiger partial charge in [0.15, 0.2) is 4.34 Å². The van der Waals surface area contributed by atoms with Crippen LogP contribution in [0.5, 0.6) is 0 Å². The molecule has 0 unspecified atom stereocenters. The number of carbonyl (C=O) groups is 2. The largest absolute Gasteiger partial charge is 0.323 e. The molecule has 0 fully saturated rings. The van der Waals surface area contributed by atoms with Crippen LogP contribution in [-0.4, -0.2) is 22.6 Å². The van der Waals surface area contributed by atoms with Crippen molar-refractivity contribution >= 4 is 56.5 Å². The minimum absolute atomic E-state index is 0.0856. The van der Waals surface area contributed by atoms with Gasteiger partial charge in [-0.25, -0.2) is 13.8 Å². The molecule has 2 N–H and O–H groups in total. The summed E-state index contributed by atoms with van der Waals surface area (Å²) in [7, 11) is 0. The van der Waals surface area contributed by atoms with Crippen molar-refractivity contribution in [1.82, 2.24) is 4.98 Å². The number of thiazole rings is 1. The first-order valence-electron chi connectivity index (χ1n) is 9.12. The van der Waals surface area contributed by atoms with Crippen molar-refractivity contribution in [3.8, 4) is 0 Å². The van der Waals surface area contributed by atoms with Gasteiger partial charge >= 0.3 is 0 Å². The number of para-hydroxylation sites is 1. The first-order chi connectivity index (χ1) is 15.0. The van der Waals surface area contributed by atoms with Gasteiger partial charge in [0.05, 0.1) is 21.7 Å². The standard InChI is InChI=1S/C22H15F2N3O2S2/c23-14-7-5-13(6-8-14)21(29)25-15-9-10-18-19(11-15)31-22(27-18)30-12-20(28)26-17-4-2-1-3-16(17)24/h1-11H,12H2,(H,25,29)(H,26,28). The Labute approximate surface area is 184 Å². The maximum absolute atomic E-state index is 13.6. The van der Waals surface area contributed by atoms with Crippen molar-refractivity contribution < 1.29 is 18.4 Å². The van der Waals surface area contributed by atoms with Crippen LogP contribution in [0.2, 0.25) is 0 Å². The van der Waals surface area contributed by atoms with Crippen molar-refractivity contribution in [2.75, 3.05) is 16.4 Å². The van der Waals surface area contributed by atoms with Gasteiger partial charge < -0.3 is 10.6 Å². The van der Waals surface area contributed by atoms with Gasteiger partial charge in [0.2, 0.25) is 5.91 Å². The number of nitrogens with zero attached hydrogens (tertiary/aromatic N) is 1. The van der Waals surface area contributed by atoms with Crippen LogP contribution in [0.1, 0.15) is 10.4 Å². The predicted molar refractivity (Wildman–Crippen MR) is 120 cm³/mol. The molecule has 156 valence electrons. The lowest BCUT2D eigenvalue weighted by Crippen LogP contribution is -2.14. The number of amides is 2. The molecule has 3 aromatic carbocycles. The highest BCUT2D eigenvalue weighted by Gasteiger charge is 2.12. The van der Waals surface area contributed by atoms with Gasteiger partial charge in [-0.3, -0.25) is 9.59 Å². The quantitative estimate of drug-likeness (QED) is 0.374. The number of thioether (sulfide) groups is 1. The molecule has 0 saturated heterocycles. The number of fused-ring (bicyclic) bond motifs is 1. The van der Waals surface area contributed by atoms with Crippen LogP contribution in [0.15, 0.2) is 71.1 Å². The lowest BCUT2D eigenvalue weighted by atomic mass is 10.2. The summed E-state index contributed by atoms with van der Waals surface area (Å²) in [5.74, 6) is -1.49. The van der Waals surface area contributed by atoms with E-state index < -0.39 is 11.6 Å². The summed E-state index contributed by atoms with van der Waals surface area (Å²) in [5, 5.41) is 5.31. The molecule has 0 aliphatic rings. The second kappa shape index (κ2) is 9.23. The maximum atomic E-state index is 13.6. The molecular weight excluding hydrogens is 440 g/mol. The molecule has 1 aromatic heterocycles. The van der Waals surface area contributed by atoms with Gasteiger partial charge in [0, 0.05) is 11.3 Å². The zero-order valence-corrected chi connectivity index (χ0v) is 17.5. The van der Waals surface area contributed by atoms with Crippen LogP contribution >= 0.6 is 23.1 Å². The molecular formula is C22H15F2N3O2S2. The smallest absolute Gasteiger partial charge is 0.255 e. The number of hydrogen-bond donors (Lipinski definition) is 2. The summed E-state index contributed by atoms with van der Waals surface area (Å²) >= 11 is 2.63. The van der Waals surface area contributed by atoms with E-state index in [1.54, 1.807) is 30.3 Å². The number of aromatic nitrogens is 1. The Morgan fingerprint density at radius 1 is 0.968 bits per heavy atom. The van der Waals surface area contributed by atoms with E-state index in [0.717, 1.165) is 10.2 Å². The molecule has 1 heterocycles. The fraction of sp³-hybridized carbons (Fsp3) is 0.0455. The van der Waals surface area contributed by atoms with Gasteiger partial charge in [-0.05, 0) is 54.6 Å². The van der Waals surface area contributed by atoms with Crippen LogP contribution in [0.4, 0.5) is 20.2 Å². The molecule has 31 heavy (non-hydrogen) atoms. The molecule has 0 aliphatic heterocycles. The van der Waals surface area contributed by atoms with Crippen molar-refractivity contribution in [1.29, 1.82) is 0 Å². The molecule has 0 aliphatic carbocycles. The van der Waals surface area contributed by atoms with E-state index in [0.29, 0.717) is 15.6 Å². The van der Waals surface area contributed by atoms with Crippen LogP contribution in [0, 0.1) is 11.6 Å². The normalized spacial score (nSPS) is 10.8. The highest BCUT2D eigenvalue weighted by molar-refractivity contribution is 8.01. The monoisotopic (exact) mass is 455 g/mol. The summed E-state index contributed by atoms with van der Waals surface area (Å²) in [6, 6.07) is 16.5. The Morgan fingerprint density at radius 2 is 1.74 bits per heavy atom. The highest BCUT2D eigenvalue weighted by atomic mass is 32.2. The fourth-order valence-corrected chi connectivity index (χ4v) is 4.63. The number of rotatable bonds is 6. The second-order valence-corrected chi connectivity index (χ2v) is 8.69. The summed E-state index contributed by atoms with van der Waals surface area (Å²) in [4.78, 5) is 28.9. The number of anilines is 2. The molecule has 4 aromatic rings. The number of carbonyl (C=O) groups excluding carboxylic acids is 2. The van der Waals surface area contributed by atoms with Crippen molar-refractivity contribution in [3.05, 3.63) is 83.9 Å². The third-order valence-corrected chi connectivity index (χ3v) is 6.37. The average Bonchev–Trinajstić information content (AvgIpc) is 3.16. The Hall–Kier alpha value is -3.30. The highest BCUT2D eigenvalue weighted by Crippen LogP contribution is 2.31. The van der Waals surface area contributed by atoms with Crippen LogP contribution in [-0.2, 0) is 4.79 Å². The van der Waals surface area contributed by atoms with Gasteiger partial charge in [-0.1, -0.05) is 23.9 Å². The minimum Gasteiger partial charge on any atom is -0.323 e. The van der Waals surface area contributed by atoms with Crippen LogP contribution in [0.25, 0.3) is 10.2 Å². The predicted octanol–water partition coefficient (Wildman–Crippen LogP) is 5.56. The van der Waals surface area contributed by atoms with Crippen LogP contribution < -0.4 is 10.6 Å². The van der Waals surface area contributed by atoms with E-state index in [-0.39, 0.29) is 23.3 Å². The molecule has 0 saturated carbocycles. The Balaban J connectivity index is 1.39. The lowest BCUT2D eigenvalue weighted by Gasteiger charge is -2.05. The van der Waals surface area contributed by atoms with E-state index in [1.807, 2.05) is 0 Å². The zero-order chi connectivity index (χ0) is 21.8. The number of nitrogens with one attached hydrogen (secondary N) is 2. The van der Waals surface area contributed by atoms with Gasteiger partial charge in [0.25, 0.3) is 5.91 Å². The molecule has 2 amide bonds. The van der Waals surface area contributed by atoms with E-state index in [2.05, 4.69) is 15.6 Å². The summed E-state index contributed by atoms with van der Waals surface area (Å²) in [5.41, 5.74) is 1.81. The Kier molecular flexibility index (Phi) is 6.24. The first kappa shape index (κ1) is 21.0. The van der Waals surface area contributed by atoms with E-state index in [9.17, 15) is 18.4 Å². The maximum Gasteiger partial charge on any atom is 0.255 e. The third-order valence-electron chi connectivity index (χ3n) is 4.21. The molecule has 9 heteroatoms. The first-order valence-corrected chi connectivity index (χ1v) is 10.9. The second-order valence-electron chi connectivity index (χ2n) is 6.44.